The summed E-state index contributed by atoms with van der Waals surface area (Å²) in [7, 11) is 0. The number of benzene rings is 7. The minimum Gasteiger partial charge on any atom is -0.508 e. The van der Waals surface area contributed by atoms with Crippen LogP contribution in [0.4, 0.5) is 0 Å². The minimum absolute atomic E-state index is 0.0126. The average Bonchev–Trinajstić information content (AvgIpc) is 3.92. The van der Waals surface area contributed by atoms with Crippen LogP contribution in [-0.4, -0.2) is 52.4 Å². The summed E-state index contributed by atoms with van der Waals surface area (Å²) < 4.78 is 13.8. The molecule has 7 aromatic carbocycles. The van der Waals surface area contributed by atoms with Crippen LogP contribution in [0.3, 0.4) is 0 Å². The zero-order chi connectivity index (χ0) is 46.7. The van der Waals surface area contributed by atoms with E-state index in [0.29, 0.717) is 67.0 Å². The van der Waals surface area contributed by atoms with Crippen molar-refractivity contribution in [2.75, 3.05) is 0 Å². The van der Waals surface area contributed by atoms with Gasteiger partial charge in [-0.1, -0.05) is 48.5 Å². The van der Waals surface area contributed by atoms with Crippen molar-refractivity contribution >= 4 is 11.6 Å². The van der Waals surface area contributed by atoms with Gasteiger partial charge >= 0.3 is 0 Å². The minimum atomic E-state index is -1.64. The number of carbonyl (C=O) groups excluding carboxylic acids is 2. The van der Waals surface area contributed by atoms with Gasteiger partial charge in [-0.05, 0) is 117 Å². The molecule has 7 aromatic rings. The van der Waals surface area contributed by atoms with Gasteiger partial charge in [-0.25, -0.2) is 0 Å². The van der Waals surface area contributed by atoms with E-state index in [2.05, 4.69) is 0 Å². The summed E-state index contributed by atoms with van der Waals surface area (Å²) in [6, 6.07) is 35.0. The van der Waals surface area contributed by atoms with Gasteiger partial charge in [0, 0.05) is 58.6 Å². The SMILES string of the molecule is O=C1C=C2[C@@H]3c4c(cc(O)cc4[C@H]4c5c(O)cc6c(c5[C@H]5C(c7ccc(O)cc7)[C@@H]1C(=O)[C@@]25C4c1ccc(O)cc1)[C@@H](c1cc(O)cc(O)c1)[C@H](c1ccc(O)cc1)O6)O[C@H]3c1ccc(O)cc1. The van der Waals surface area contributed by atoms with Crippen molar-refractivity contribution in [1.82, 2.24) is 0 Å². The smallest absolute Gasteiger partial charge is 0.166 e. The van der Waals surface area contributed by atoms with Gasteiger partial charge in [0.25, 0.3) is 0 Å². The van der Waals surface area contributed by atoms with Crippen LogP contribution in [0.2, 0.25) is 0 Å². The van der Waals surface area contributed by atoms with Gasteiger partial charge in [0.1, 0.15) is 69.7 Å². The van der Waals surface area contributed by atoms with Crippen LogP contribution in [0.15, 0.2) is 145 Å². The summed E-state index contributed by atoms with van der Waals surface area (Å²) in [6.07, 6.45) is -0.143. The third-order valence-corrected chi connectivity index (χ3v) is 15.6. The van der Waals surface area contributed by atoms with Crippen LogP contribution in [-0.2, 0) is 9.59 Å². The van der Waals surface area contributed by atoms with Crippen LogP contribution >= 0.6 is 0 Å². The first-order valence-electron chi connectivity index (χ1n) is 22.4. The normalized spacial score (nSPS) is 27.6. The third-order valence-electron chi connectivity index (χ3n) is 15.6. The molecule has 0 saturated heterocycles. The summed E-state index contributed by atoms with van der Waals surface area (Å²) in [5.41, 5.74) is 4.33. The number of phenols is 8. The van der Waals surface area contributed by atoms with Crippen molar-refractivity contribution in [3.05, 3.63) is 201 Å². The quantitative estimate of drug-likeness (QED) is 0.0759. The van der Waals surface area contributed by atoms with E-state index in [0.717, 1.165) is 0 Å². The van der Waals surface area contributed by atoms with Crippen molar-refractivity contribution in [1.29, 1.82) is 0 Å². The van der Waals surface area contributed by atoms with Gasteiger partial charge in [-0.2, -0.15) is 0 Å². The lowest BCUT2D eigenvalue weighted by Gasteiger charge is -2.52. The third kappa shape index (κ3) is 5.25. The van der Waals surface area contributed by atoms with E-state index in [-0.39, 0.29) is 57.5 Å². The molecule has 2 unspecified atom stereocenters. The van der Waals surface area contributed by atoms with Gasteiger partial charge in [0.15, 0.2) is 11.6 Å². The molecule has 12 nitrogen and oxygen atoms in total. The molecule has 68 heavy (non-hydrogen) atoms. The Kier molecular flexibility index (Phi) is 8.12. The van der Waals surface area contributed by atoms with Gasteiger partial charge < -0.3 is 50.3 Å². The van der Waals surface area contributed by atoms with Crippen LogP contribution in [0.25, 0.3) is 0 Å². The summed E-state index contributed by atoms with van der Waals surface area (Å²) in [5.74, 6) is -7.69. The number of hydrogen-bond donors (Lipinski definition) is 8. The molecule has 3 bridgehead atoms. The Balaban J connectivity index is 1.21. The van der Waals surface area contributed by atoms with E-state index in [1.807, 2.05) is 0 Å². The number of carbonyl (C=O) groups is 2. The molecule has 1 spiro atoms. The lowest BCUT2D eigenvalue weighted by Crippen LogP contribution is -2.49. The van der Waals surface area contributed by atoms with E-state index in [1.165, 1.54) is 66.7 Å². The Morgan fingerprint density at radius 2 is 0.897 bits per heavy atom. The summed E-state index contributed by atoms with van der Waals surface area (Å²) in [6.45, 7) is 0. The second kappa shape index (κ2) is 13.8. The van der Waals surface area contributed by atoms with E-state index < -0.39 is 64.8 Å². The number of ether oxygens (including phenoxy) is 2. The number of fused-ring (bicyclic) bond motifs is 9. The van der Waals surface area contributed by atoms with Crippen molar-refractivity contribution < 1.29 is 59.9 Å². The van der Waals surface area contributed by atoms with Crippen LogP contribution in [0, 0.1) is 11.3 Å². The molecule has 0 aromatic heterocycles. The Labute approximate surface area is 387 Å². The number of aromatic hydroxyl groups is 8. The molecule has 0 radical (unpaired) electrons. The van der Waals surface area contributed by atoms with Gasteiger partial charge in [0.2, 0.25) is 0 Å². The Morgan fingerprint density at radius 1 is 0.397 bits per heavy atom. The number of rotatable bonds is 5. The van der Waals surface area contributed by atoms with Crippen LogP contribution in [0.1, 0.15) is 103 Å². The number of Topliss-reactive ketones (excluding diaryl/α,β-unsaturated/α-hetero) is 1. The Hall–Kier alpha value is -8.38. The topological polar surface area (TPSA) is 214 Å². The number of phenolic OH excluding ortho intramolecular Hbond substituents is 8. The predicted molar refractivity (Wildman–Crippen MR) is 244 cm³/mol. The van der Waals surface area contributed by atoms with Gasteiger partial charge in [-0.3, -0.25) is 9.59 Å². The fourth-order valence-corrected chi connectivity index (χ4v) is 13.4. The van der Waals surface area contributed by atoms with Crippen molar-refractivity contribution in [3.63, 3.8) is 0 Å². The van der Waals surface area contributed by atoms with E-state index in [4.69, 9.17) is 9.47 Å². The van der Waals surface area contributed by atoms with Crippen molar-refractivity contribution in [2.45, 2.75) is 47.7 Å². The number of hydrogen-bond acceptors (Lipinski definition) is 12. The molecule has 1 fully saturated rings. The van der Waals surface area contributed by atoms with E-state index in [1.54, 1.807) is 72.8 Å². The lowest BCUT2D eigenvalue weighted by atomic mass is 9.48. The standard InChI is InChI=1S/C56H40O12/c57-29-9-1-24(2-10-29)42-48-38(64)22-37-46-44-36(20-35(63)21-40(44)67-54(46)27-7-15-32(60)16-8-27)45-47-39(65)23-41-49(50(47)52(42)56(37,55(48)66)51(45)25-3-11-30(58)12-4-25)43(28-17-33(61)19-34(62)18-28)53(68-41)26-5-13-31(59)14-6-26/h1-23,42-43,45-46,48,51-54,57-63,65H/t42?,43-,45+,46-,48-,51?,52-,53+,54+,56-/m1/s1. The summed E-state index contributed by atoms with van der Waals surface area (Å²) in [4.78, 5) is 32.0. The second-order valence-electron chi connectivity index (χ2n) is 18.9. The highest BCUT2D eigenvalue weighted by Crippen LogP contribution is 2.80. The van der Waals surface area contributed by atoms with Crippen molar-refractivity contribution in [2.24, 2.45) is 11.3 Å². The fourth-order valence-electron chi connectivity index (χ4n) is 13.4. The molecule has 13 rings (SSSR count). The molecule has 336 valence electrons. The predicted octanol–water partition coefficient (Wildman–Crippen LogP) is 9.32. The Bertz CT molecular complexity index is 3340. The van der Waals surface area contributed by atoms with Crippen LogP contribution in [0.5, 0.6) is 57.5 Å². The molecule has 6 aliphatic rings. The molecular formula is C56H40O12. The highest BCUT2D eigenvalue weighted by molar-refractivity contribution is 6.18. The first-order valence-corrected chi connectivity index (χ1v) is 22.4. The fraction of sp³-hybridized carbons (Fsp3) is 0.179. The molecule has 0 amide bonds. The van der Waals surface area contributed by atoms with E-state index in [9.17, 15) is 40.9 Å². The lowest BCUT2D eigenvalue weighted by molar-refractivity contribution is -0.135. The highest BCUT2D eigenvalue weighted by atomic mass is 16.5. The van der Waals surface area contributed by atoms with E-state index >= 15 is 9.59 Å². The first kappa shape index (κ1) is 39.9. The molecule has 2 aliphatic heterocycles. The monoisotopic (exact) mass is 904 g/mol. The molecular weight excluding hydrogens is 865 g/mol. The molecule has 8 N–H and O–H groups in total. The maximum absolute atomic E-state index is 16.7. The first-order chi connectivity index (χ1) is 32.8. The van der Waals surface area contributed by atoms with Gasteiger partial charge in [0.05, 0.1) is 23.2 Å². The largest absolute Gasteiger partial charge is 0.508 e. The maximum Gasteiger partial charge on any atom is 0.166 e. The molecule has 4 aliphatic carbocycles. The van der Waals surface area contributed by atoms with Gasteiger partial charge in [-0.15, -0.1) is 0 Å². The highest BCUT2D eigenvalue weighted by Gasteiger charge is 2.76. The van der Waals surface area contributed by atoms with Crippen LogP contribution < -0.4 is 9.47 Å². The zero-order valence-corrected chi connectivity index (χ0v) is 35.7. The summed E-state index contributed by atoms with van der Waals surface area (Å²) >= 11 is 0. The Morgan fingerprint density at radius 3 is 1.47 bits per heavy atom. The molecule has 1 saturated carbocycles. The molecule has 12 heteroatoms. The average molecular weight is 905 g/mol. The number of allylic oxidation sites excluding steroid dienone is 1. The second-order valence-corrected chi connectivity index (χ2v) is 18.9. The van der Waals surface area contributed by atoms with Crippen molar-refractivity contribution in [3.8, 4) is 57.5 Å². The molecule has 2 heterocycles. The summed E-state index contributed by atoms with van der Waals surface area (Å²) in [5, 5.41) is 89.3. The number of ketones is 2. The zero-order valence-electron chi connectivity index (χ0n) is 35.7. The molecule has 10 atom stereocenters. The maximum atomic E-state index is 16.7.